The van der Waals surface area contributed by atoms with E-state index in [2.05, 4.69) is 24.1 Å². The van der Waals surface area contributed by atoms with Gasteiger partial charge in [0.1, 0.15) is 0 Å². The largest absolute Gasteiger partial charge is 0.381 e. The summed E-state index contributed by atoms with van der Waals surface area (Å²) < 4.78 is 10.9. The van der Waals surface area contributed by atoms with Crippen molar-refractivity contribution < 1.29 is 9.47 Å². The minimum absolute atomic E-state index is 0.645. The Balaban J connectivity index is 1.75. The highest BCUT2D eigenvalue weighted by atomic mass is 16.5. The van der Waals surface area contributed by atoms with Gasteiger partial charge in [0.05, 0.1) is 13.2 Å². The average molecular weight is 258 g/mol. The molecule has 4 heteroatoms. The molecule has 0 atom stereocenters. The molecule has 0 aromatic carbocycles. The lowest BCUT2D eigenvalue weighted by Crippen LogP contribution is -2.37. The predicted molar refractivity (Wildman–Crippen MR) is 75.0 cm³/mol. The number of nitrogens with zero attached hydrogens (tertiary/aromatic N) is 1. The molecule has 0 bridgehead atoms. The van der Waals surface area contributed by atoms with Crippen molar-refractivity contribution in [3.05, 3.63) is 0 Å². The summed E-state index contributed by atoms with van der Waals surface area (Å²) >= 11 is 0. The maximum atomic E-state index is 5.53. The van der Waals surface area contributed by atoms with E-state index in [1.54, 1.807) is 0 Å². The van der Waals surface area contributed by atoms with Crippen LogP contribution in [0.25, 0.3) is 0 Å². The second kappa shape index (κ2) is 10.7. The van der Waals surface area contributed by atoms with Crippen molar-refractivity contribution in [1.29, 1.82) is 0 Å². The molecular formula is C14H30N2O2. The van der Waals surface area contributed by atoms with Crippen molar-refractivity contribution in [1.82, 2.24) is 10.2 Å². The van der Waals surface area contributed by atoms with E-state index in [0.717, 1.165) is 59.0 Å². The summed E-state index contributed by atoms with van der Waals surface area (Å²) in [6.45, 7) is 13.5. The van der Waals surface area contributed by atoms with E-state index in [0.29, 0.717) is 5.92 Å². The van der Waals surface area contributed by atoms with Crippen LogP contribution in [0.15, 0.2) is 0 Å². The zero-order chi connectivity index (χ0) is 13.1. The predicted octanol–water partition coefficient (Wildman–Crippen LogP) is 1.36. The Kier molecular flexibility index (Phi) is 9.48. The molecule has 0 radical (unpaired) electrons. The fraction of sp³-hybridized carbons (Fsp3) is 1.00. The Morgan fingerprint density at radius 3 is 2.61 bits per heavy atom. The SMILES string of the molecule is CC(C)COCCCNCCCN1CCOCC1. The van der Waals surface area contributed by atoms with Gasteiger partial charge in [-0.2, -0.15) is 0 Å². The second-order valence-corrected chi connectivity index (χ2v) is 5.38. The molecule has 0 unspecified atom stereocenters. The molecule has 1 rings (SSSR count). The van der Waals surface area contributed by atoms with Gasteiger partial charge in [0.25, 0.3) is 0 Å². The van der Waals surface area contributed by atoms with Gasteiger partial charge >= 0.3 is 0 Å². The summed E-state index contributed by atoms with van der Waals surface area (Å²) in [7, 11) is 0. The van der Waals surface area contributed by atoms with Crippen molar-refractivity contribution in [3.8, 4) is 0 Å². The number of morpholine rings is 1. The fourth-order valence-electron chi connectivity index (χ4n) is 2.00. The molecule has 1 aliphatic rings. The standard InChI is InChI=1S/C14H30N2O2/c1-14(2)13-18-10-4-6-15-5-3-7-16-8-11-17-12-9-16/h14-15H,3-13H2,1-2H3. The van der Waals surface area contributed by atoms with Gasteiger partial charge in [-0.25, -0.2) is 0 Å². The number of rotatable bonds is 10. The van der Waals surface area contributed by atoms with Crippen LogP contribution < -0.4 is 5.32 Å². The van der Waals surface area contributed by atoms with Crippen molar-refractivity contribution in [2.45, 2.75) is 26.7 Å². The molecule has 1 fully saturated rings. The Labute approximate surface area is 112 Å². The van der Waals surface area contributed by atoms with Gasteiger partial charge in [0.15, 0.2) is 0 Å². The highest BCUT2D eigenvalue weighted by Gasteiger charge is 2.08. The van der Waals surface area contributed by atoms with Crippen LogP contribution in [0.2, 0.25) is 0 Å². The van der Waals surface area contributed by atoms with Gasteiger partial charge in [0, 0.05) is 26.3 Å². The van der Waals surface area contributed by atoms with Gasteiger partial charge in [-0.15, -0.1) is 0 Å². The smallest absolute Gasteiger partial charge is 0.0594 e. The summed E-state index contributed by atoms with van der Waals surface area (Å²) in [5.74, 6) is 0.645. The molecule has 108 valence electrons. The first-order valence-electron chi connectivity index (χ1n) is 7.37. The van der Waals surface area contributed by atoms with E-state index in [-0.39, 0.29) is 0 Å². The van der Waals surface area contributed by atoms with Crippen LogP contribution in [-0.4, -0.2) is 64.1 Å². The molecule has 1 saturated heterocycles. The van der Waals surface area contributed by atoms with Gasteiger partial charge in [-0.1, -0.05) is 13.8 Å². The van der Waals surface area contributed by atoms with E-state index < -0.39 is 0 Å². The first kappa shape index (κ1) is 15.9. The molecule has 1 N–H and O–H groups in total. The zero-order valence-corrected chi connectivity index (χ0v) is 12.1. The van der Waals surface area contributed by atoms with E-state index >= 15 is 0 Å². The highest BCUT2D eigenvalue weighted by molar-refractivity contribution is 4.62. The van der Waals surface area contributed by atoms with Gasteiger partial charge in [0.2, 0.25) is 0 Å². The third kappa shape index (κ3) is 8.86. The van der Waals surface area contributed by atoms with E-state index in [9.17, 15) is 0 Å². The minimum atomic E-state index is 0.645. The van der Waals surface area contributed by atoms with Crippen LogP contribution in [0.5, 0.6) is 0 Å². The van der Waals surface area contributed by atoms with E-state index in [1.165, 1.54) is 13.0 Å². The molecule has 0 saturated carbocycles. The number of ether oxygens (including phenoxy) is 2. The molecule has 4 nitrogen and oxygen atoms in total. The molecule has 0 aromatic rings. The minimum Gasteiger partial charge on any atom is -0.381 e. The highest BCUT2D eigenvalue weighted by Crippen LogP contribution is 1.97. The summed E-state index contributed by atoms with van der Waals surface area (Å²) in [5.41, 5.74) is 0. The Bertz CT molecular complexity index is 183. The van der Waals surface area contributed by atoms with Gasteiger partial charge in [-0.3, -0.25) is 4.90 Å². The fourth-order valence-corrected chi connectivity index (χ4v) is 2.00. The number of hydrogen-bond acceptors (Lipinski definition) is 4. The molecule has 0 spiro atoms. The van der Waals surface area contributed by atoms with Crippen molar-refractivity contribution in [2.24, 2.45) is 5.92 Å². The van der Waals surface area contributed by atoms with Crippen molar-refractivity contribution in [3.63, 3.8) is 0 Å². The Hall–Kier alpha value is -0.160. The molecule has 18 heavy (non-hydrogen) atoms. The summed E-state index contributed by atoms with van der Waals surface area (Å²) in [6, 6.07) is 0. The van der Waals surface area contributed by atoms with Crippen LogP contribution in [0.3, 0.4) is 0 Å². The average Bonchev–Trinajstić information content (AvgIpc) is 2.37. The third-order valence-electron chi connectivity index (χ3n) is 3.03. The second-order valence-electron chi connectivity index (χ2n) is 5.38. The first-order chi connectivity index (χ1) is 8.79. The normalized spacial score (nSPS) is 17.5. The van der Waals surface area contributed by atoms with Gasteiger partial charge < -0.3 is 14.8 Å². The molecule has 0 aliphatic carbocycles. The van der Waals surface area contributed by atoms with Gasteiger partial charge in [-0.05, 0) is 38.4 Å². The van der Waals surface area contributed by atoms with Crippen molar-refractivity contribution >= 4 is 0 Å². The zero-order valence-electron chi connectivity index (χ0n) is 12.1. The Morgan fingerprint density at radius 1 is 1.17 bits per heavy atom. The van der Waals surface area contributed by atoms with Crippen LogP contribution in [-0.2, 0) is 9.47 Å². The lowest BCUT2D eigenvalue weighted by atomic mass is 10.2. The van der Waals surface area contributed by atoms with Crippen LogP contribution in [0.1, 0.15) is 26.7 Å². The maximum Gasteiger partial charge on any atom is 0.0594 e. The van der Waals surface area contributed by atoms with Crippen LogP contribution in [0.4, 0.5) is 0 Å². The number of hydrogen-bond donors (Lipinski definition) is 1. The molecule has 1 heterocycles. The lowest BCUT2D eigenvalue weighted by Gasteiger charge is -2.26. The Morgan fingerprint density at radius 2 is 1.89 bits per heavy atom. The summed E-state index contributed by atoms with van der Waals surface area (Å²) in [6.07, 6.45) is 2.34. The molecule has 0 amide bonds. The summed E-state index contributed by atoms with van der Waals surface area (Å²) in [4.78, 5) is 2.48. The van der Waals surface area contributed by atoms with Crippen molar-refractivity contribution in [2.75, 3.05) is 59.2 Å². The van der Waals surface area contributed by atoms with Crippen LogP contribution in [0, 0.1) is 5.92 Å². The van der Waals surface area contributed by atoms with E-state index in [1.807, 2.05) is 0 Å². The molecular weight excluding hydrogens is 228 g/mol. The third-order valence-corrected chi connectivity index (χ3v) is 3.03. The first-order valence-corrected chi connectivity index (χ1v) is 7.37. The molecule has 1 aliphatic heterocycles. The van der Waals surface area contributed by atoms with E-state index in [4.69, 9.17) is 9.47 Å². The number of nitrogens with one attached hydrogen (secondary N) is 1. The summed E-state index contributed by atoms with van der Waals surface area (Å²) in [5, 5.41) is 3.48. The lowest BCUT2D eigenvalue weighted by molar-refractivity contribution is 0.0374. The monoisotopic (exact) mass is 258 g/mol. The quantitative estimate of drug-likeness (QED) is 0.600. The van der Waals surface area contributed by atoms with Crippen LogP contribution >= 0.6 is 0 Å². The topological polar surface area (TPSA) is 33.7 Å². The molecule has 0 aromatic heterocycles. The maximum absolute atomic E-state index is 5.53.